The van der Waals surface area contributed by atoms with Crippen LogP contribution in [0.2, 0.25) is 0 Å². The number of thiophene rings is 1. The third kappa shape index (κ3) is 2.49. The number of rotatable bonds is 3. The monoisotopic (exact) mass is 285 g/mol. The van der Waals surface area contributed by atoms with E-state index in [1.54, 1.807) is 17.0 Å². The fourth-order valence-corrected chi connectivity index (χ4v) is 2.56. The van der Waals surface area contributed by atoms with Gasteiger partial charge in [0.2, 0.25) is 5.88 Å². The number of amides is 1. The molecule has 100 valence electrons. The van der Waals surface area contributed by atoms with Crippen molar-refractivity contribution in [3.05, 3.63) is 46.3 Å². The van der Waals surface area contributed by atoms with Crippen molar-refractivity contribution in [2.75, 3.05) is 13.1 Å². The summed E-state index contributed by atoms with van der Waals surface area (Å²) in [6, 6.07) is 7.16. The summed E-state index contributed by atoms with van der Waals surface area (Å²) < 4.78 is 5.64. The highest BCUT2D eigenvalue weighted by atomic mass is 32.1. The maximum absolute atomic E-state index is 12.0. The molecular formula is C14H11N3O2S. The van der Waals surface area contributed by atoms with Gasteiger partial charge in [-0.3, -0.25) is 4.79 Å². The van der Waals surface area contributed by atoms with Gasteiger partial charge in [-0.2, -0.15) is 16.6 Å². The molecule has 1 fully saturated rings. The van der Waals surface area contributed by atoms with Crippen LogP contribution in [0.1, 0.15) is 15.9 Å². The first kappa shape index (κ1) is 12.6. The maximum Gasteiger partial charge on any atom is 0.254 e. The molecule has 5 nitrogen and oxygen atoms in total. The number of carbonyl (C=O) groups excluding carboxylic acids is 1. The Morgan fingerprint density at radius 1 is 1.45 bits per heavy atom. The topological polar surface area (TPSA) is 66.2 Å². The van der Waals surface area contributed by atoms with Gasteiger partial charge in [0.1, 0.15) is 12.2 Å². The van der Waals surface area contributed by atoms with Gasteiger partial charge in [0, 0.05) is 17.6 Å². The average Bonchev–Trinajstić information content (AvgIpc) is 2.96. The second kappa shape index (κ2) is 5.31. The van der Waals surface area contributed by atoms with Crippen molar-refractivity contribution in [3.63, 3.8) is 0 Å². The van der Waals surface area contributed by atoms with Crippen molar-refractivity contribution in [1.29, 1.82) is 5.26 Å². The molecule has 1 aliphatic rings. The number of nitrogens with zero attached hydrogens (tertiary/aromatic N) is 3. The van der Waals surface area contributed by atoms with Gasteiger partial charge >= 0.3 is 0 Å². The van der Waals surface area contributed by atoms with Gasteiger partial charge in [0.05, 0.1) is 24.2 Å². The third-order valence-electron chi connectivity index (χ3n) is 3.06. The Balaban J connectivity index is 1.53. The minimum atomic E-state index is -0.0296. The Bertz CT molecular complexity index is 640. The van der Waals surface area contributed by atoms with E-state index in [0.29, 0.717) is 24.5 Å². The predicted octanol–water partition coefficient (Wildman–Crippen LogP) is 1.92. The van der Waals surface area contributed by atoms with E-state index in [1.807, 2.05) is 22.9 Å². The lowest BCUT2D eigenvalue weighted by Gasteiger charge is -2.38. The minimum Gasteiger partial charge on any atom is -0.471 e. The van der Waals surface area contributed by atoms with Gasteiger partial charge in [-0.1, -0.05) is 0 Å². The van der Waals surface area contributed by atoms with Crippen molar-refractivity contribution >= 4 is 17.2 Å². The molecule has 1 saturated heterocycles. The van der Waals surface area contributed by atoms with E-state index in [-0.39, 0.29) is 12.0 Å². The molecule has 3 rings (SSSR count). The lowest BCUT2D eigenvalue weighted by Crippen LogP contribution is -2.56. The Labute approximate surface area is 120 Å². The summed E-state index contributed by atoms with van der Waals surface area (Å²) in [7, 11) is 0. The standard InChI is InChI=1S/C14H11N3O2S/c15-5-10-1-2-13(16-6-10)19-12-7-17(8-12)14(18)11-3-4-20-9-11/h1-4,6,9,12H,7-8H2. The van der Waals surface area contributed by atoms with E-state index >= 15 is 0 Å². The molecule has 0 aliphatic carbocycles. The molecule has 2 aromatic rings. The molecule has 6 heteroatoms. The van der Waals surface area contributed by atoms with Crippen LogP contribution in [0, 0.1) is 11.3 Å². The molecule has 1 aliphatic heterocycles. The lowest BCUT2D eigenvalue weighted by atomic mass is 10.1. The van der Waals surface area contributed by atoms with Gasteiger partial charge in [-0.25, -0.2) is 4.98 Å². The fraction of sp³-hybridized carbons (Fsp3) is 0.214. The number of hydrogen-bond donors (Lipinski definition) is 0. The highest BCUT2D eigenvalue weighted by molar-refractivity contribution is 7.08. The van der Waals surface area contributed by atoms with E-state index in [1.165, 1.54) is 17.5 Å². The number of carbonyl (C=O) groups is 1. The number of likely N-dealkylation sites (tertiary alicyclic amines) is 1. The van der Waals surface area contributed by atoms with E-state index in [2.05, 4.69) is 4.98 Å². The molecule has 0 saturated carbocycles. The molecule has 0 aromatic carbocycles. The van der Waals surface area contributed by atoms with Crippen molar-refractivity contribution in [2.45, 2.75) is 6.10 Å². The van der Waals surface area contributed by atoms with E-state index in [4.69, 9.17) is 10.00 Å². The average molecular weight is 285 g/mol. The number of aromatic nitrogens is 1. The lowest BCUT2D eigenvalue weighted by molar-refractivity contribution is 0.0160. The highest BCUT2D eigenvalue weighted by Crippen LogP contribution is 2.19. The zero-order valence-electron chi connectivity index (χ0n) is 10.5. The van der Waals surface area contributed by atoms with Gasteiger partial charge < -0.3 is 9.64 Å². The van der Waals surface area contributed by atoms with E-state index in [9.17, 15) is 4.79 Å². The summed E-state index contributed by atoms with van der Waals surface area (Å²) in [4.78, 5) is 17.8. The van der Waals surface area contributed by atoms with Crippen LogP contribution in [0.3, 0.4) is 0 Å². The van der Waals surface area contributed by atoms with Crippen molar-refractivity contribution < 1.29 is 9.53 Å². The molecule has 20 heavy (non-hydrogen) atoms. The SMILES string of the molecule is N#Cc1ccc(OC2CN(C(=O)c3ccsc3)C2)nc1. The second-order valence-corrected chi connectivity index (χ2v) is 5.24. The molecule has 3 heterocycles. The number of hydrogen-bond acceptors (Lipinski definition) is 5. The fourth-order valence-electron chi connectivity index (χ4n) is 1.93. The quantitative estimate of drug-likeness (QED) is 0.864. The molecule has 0 atom stereocenters. The van der Waals surface area contributed by atoms with Crippen molar-refractivity contribution in [3.8, 4) is 11.9 Å². The number of nitriles is 1. The third-order valence-corrected chi connectivity index (χ3v) is 3.74. The van der Waals surface area contributed by atoms with Crippen LogP contribution in [0.25, 0.3) is 0 Å². The number of ether oxygens (including phenoxy) is 1. The molecule has 0 N–H and O–H groups in total. The van der Waals surface area contributed by atoms with Gasteiger partial charge in [0.15, 0.2) is 0 Å². The van der Waals surface area contributed by atoms with Crippen LogP contribution in [0.4, 0.5) is 0 Å². The second-order valence-electron chi connectivity index (χ2n) is 4.46. The maximum atomic E-state index is 12.0. The van der Waals surface area contributed by atoms with Crippen LogP contribution in [0.15, 0.2) is 35.2 Å². The van der Waals surface area contributed by atoms with Crippen molar-refractivity contribution in [1.82, 2.24) is 9.88 Å². The molecule has 0 unspecified atom stereocenters. The summed E-state index contributed by atoms with van der Waals surface area (Å²) in [6.07, 6.45) is 1.44. The van der Waals surface area contributed by atoms with Crippen LogP contribution in [-0.2, 0) is 0 Å². The summed E-state index contributed by atoms with van der Waals surface area (Å²) in [6.45, 7) is 1.13. The van der Waals surface area contributed by atoms with Crippen molar-refractivity contribution in [2.24, 2.45) is 0 Å². The summed E-state index contributed by atoms with van der Waals surface area (Å²) in [5, 5.41) is 12.4. The Kier molecular flexibility index (Phi) is 3.35. The zero-order chi connectivity index (χ0) is 13.9. The first-order chi connectivity index (χ1) is 9.76. The number of pyridine rings is 1. The Hall–Kier alpha value is -2.39. The van der Waals surface area contributed by atoms with Gasteiger partial charge in [-0.15, -0.1) is 0 Å². The van der Waals surface area contributed by atoms with E-state index in [0.717, 1.165) is 5.56 Å². The predicted molar refractivity (Wildman–Crippen MR) is 73.6 cm³/mol. The molecule has 2 aromatic heterocycles. The van der Waals surface area contributed by atoms with Gasteiger partial charge in [-0.05, 0) is 17.5 Å². The Morgan fingerprint density at radius 3 is 2.90 bits per heavy atom. The molecule has 1 amide bonds. The Morgan fingerprint density at radius 2 is 2.30 bits per heavy atom. The first-order valence-electron chi connectivity index (χ1n) is 6.10. The minimum absolute atomic E-state index is 0.0296. The van der Waals surface area contributed by atoms with Crippen LogP contribution < -0.4 is 4.74 Å². The van der Waals surface area contributed by atoms with Gasteiger partial charge in [0.25, 0.3) is 5.91 Å². The summed E-state index contributed by atoms with van der Waals surface area (Å²) in [5.74, 6) is 0.524. The zero-order valence-corrected chi connectivity index (χ0v) is 11.3. The van der Waals surface area contributed by atoms with E-state index < -0.39 is 0 Å². The van der Waals surface area contributed by atoms with Crippen LogP contribution >= 0.6 is 11.3 Å². The highest BCUT2D eigenvalue weighted by Gasteiger charge is 2.33. The largest absolute Gasteiger partial charge is 0.471 e. The first-order valence-corrected chi connectivity index (χ1v) is 7.05. The summed E-state index contributed by atoms with van der Waals surface area (Å²) >= 11 is 1.51. The smallest absolute Gasteiger partial charge is 0.254 e. The van der Waals surface area contributed by atoms with Crippen LogP contribution in [-0.4, -0.2) is 35.0 Å². The summed E-state index contributed by atoms with van der Waals surface area (Å²) in [5.41, 5.74) is 1.23. The normalized spacial score (nSPS) is 14.4. The molecular weight excluding hydrogens is 274 g/mol. The molecule has 0 radical (unpaired) electrons. The molecule has 0 bridgehead atoms. The molecule has 0 spiro atoms. The van der Waals surface area contributed by atoms with Crippen LogP contribution in [0.5, 0.6) is 5.88 Å².